The zero-order valence-electron chi connectivity index (χ0n) is 6.40. The van der Waals surface area contributed by atoms with Gasteiger partial charge in [0.1, 0.15) is 0 Å². The van der Waals surface area contributed by atoms with Gasteiger partial charge in [0.25, 0.3) is 0 Å². The van der Waals surface area contributed by atoms with Gasteiger partial charge in [-0.1, -0.05) is 6.53 Å². The number of ether oxygens (including phenoxy) is 1. The molecule has 0 bridgehead atoms. The molecule has 0 aromatic heterocycles. The average Bonchev–Trinajstić information content (AvgIpc) is 1.87. The van der Waals surface area contributed by atoms with Crippen molar-refractivity contribution >= 4 is 5.97 Å². The van der Waals surface area contributed by atoms with Gasteiger partial charge in [0.15, 0.2) is 0 Å². The molecule has 0 rings (SSSR count). The summed E-state index contributed by atoms with van der Waals surface area (Å²) in [5.41, 5.74) is 0. The predicted octanol–water partition coefficient (Wildman–Crippen LogP) is 1.03. The van der Waals surface area contributed by atoms with E-state index in [1.54, 1.807) is 0 Å². The molecule has 0 unspecified atom stereocenters. The van der Waals surface area contributed by atoms with Crippen molar-refractivity contribution in [1.29, 1.82) is 0 Å². The van der Waals surface area contributed by atoms with Gasteiger partial charge < -0.3 is 4.74 Å². The number of esters is 1. The Kier molecular flexibility index (Phi) is 1.62. The van der Waals surface area contributed by atoms with Crippen LogP contribution in [0.2, 0.25) is 0 Å². The van der Waals surface area contributed by atoms with Crippen LogP contribution in [0.5, 0.6) is 0 Å². The highest BCUT2D eigenvalue weighted by atomic mass is 19.1. The molecule has 0 N–H and O–H groups in total. The Morgan fingerprint density at radius 2 is 2.75 bits per heavy atom. The van der Waals surface area contributed by atoms with E-state index in [-0.39, 0.29) is 6.61 Å². The first-order valence-corrected chi connectivity index (χ1v) is 2.09. The molecule has 8 heavy (non-hydrogen) atoms. The molecule has 0 aliphatic heterocycles. The summed E-state index contributed by atoms with van der Waals surface area (Å²) >= 11 is 0. The van der Waals surface area contributed by atoms with E-state index < -0.39 is 18.3 Å². The van der Waals surface area contributed by atoms with Gasteiger partial charge in [-0.15, -0.1) is 0 Å². The molecule has 0 aliphatic carbocycles. The molecule has 2 nitrogen and oxygen atoms in total. The summed E-state index contributed by atoms with van der Waals surface area (Å²) in [6.45, 7) is 0.400. The number of carbonyl (C=O) groups is 1. The summed E-state index contributed by atoms with van der Waals surface area (Å²) in [6, 6.07) is 0. The van der Waals surface area contributed by atoms with E-state index in [1.807, 2.05) is 0 Å². The van der Waals surface area contributed by atoms with Gasteiger partial charge in [0.2, 0.25) is 5.83 Å². The Morgan fingerprint density at radius 3 is 3.12 bits per heavy atom. The molecular formula is C5H7FO2. The largest absolute Gasteiger partial charge is 0.461 e. The minimum atomic E-state index is -1.46. The molecule has 0 radical (unpaired) electrons. The lowest BCUT2D eigenvalue weighted by Crippen LogP contribution is -2.02. The van der Waals surface area contributed by atoms with Crippen molar-refractivity contribution in [3.63, 3.8) is 0 Å². The second kappa shape index (κ2) is 3.18. The number of rotatable bonds is 2. The average molecular weight is 120 g/mol. The van der Waals surface area contributed by atoms with Crippen LogP contribution < -0.4 is 0 Å². The van der Waals surface area contributed by atoms with Gasteiger partial charge in [0.05, 0.1) is 9.35 Å². The predicted molar refractivity (Wildman–Crippen MR) is 26.9 cm³/mol. The first kappa shape index (κ1) is 4.06. The van der Waals surface area contributed by atoms with Crippen LogP contribution in [0.25, 0.3) is 0 Å². The van der Waals surface area contributed by atoms with Crippen LogP contribution in [0.4, 0.5) is 4.39 Å². The molecular weight excluding hydrogens is 111 g/mol. The van der Waals surface area contributed by atoms with E-state index in [2.05, 4.69) is 4.74 Å². The fraction of sp³-hybridized carbons (Fsp3) is 0.400. The Morgan fingerprint density at radius 1 is 2.12 bits per heavy atom. The van der Waals surface area contributed by atoms with Crippen LogP contribution in [0.3, 0.4) is 0 Å². The van der Waals surface area contributed by atoms with Crippen molar-refractivity contribution in [2.45, 2.75) is 6.92 Å². The summed E-state index contributed by atoms with van der Waals surface area (Å²) in [4.78, 5) is 10.3. The maximum Gasteiger partial charge on any atom is 0.366 e. The van der Waals surface area contributed by atoms with E-state index in [4.69, 9.17) is 2.74 Å². The van der Waals surface area contributed by atoms with E-state index in [9.17, 15) is 9.18 Å². The number of halogens is 1. The van der Waals surface area contributed by atoms with E-state index >= 15 is 0 Å². The van der Waals surface area contributed by atoms with Crippen molar-refractivity contribution in [3.8, 4) is 0 Å². The quantitative estimate of drug-likeness (QED) is 0.402. The summed E-state index contributed by atoms with van der Waals surface area (Å²) in [6.07, 6.45) is 0. The van der Waals surface area contributed by atoms with Crippen molar-refractivity contribution < 1.29 is 16.7 Å². The minimum Gasteiger partial charge on any atom is -0.461 e. The zero-order chi connectivity index (χ0) is 8.15. The molecule has 0 aromatic carbocycles. The molecule has 0 heterocycles. The van der Waals surface area contributed by atoms with Crippen LogP contribution in [-0.4, -0.2) is 12.6 Å². The number of hydrogen-bond acceptors (Lipinski definition) is 2. The highest BCUT2D eigenvalue weighted by molar-refractivity contribution is 5.85. The van der Waals surface area contributed by atoms with Gasteiger partial charge in [-0.05, 0) is 6.92 Å². The normalized spacial score (nSPS) is 11.2. The number of carbonyl (C=O) groups excluding carboxylic acids is 1. The molecule has 0 amide bonds. The van der Waals surface area contributed by atoms with Crippen LogP contribution in [0.15, 0.2) is 12.4 Å². The Hall–Kier alpha value is -0.860. The van der Waals surface area contributed by atoms with E-state index in [0.29, 0.717) is 0 Å². The van der Waals surface area contributed by atoms with Gasteiger partial charge in [-0.25, -0.2) is 4.79 Å². The lowest BCUT2D eigenvalue weighted by Gasteiger charge is -1.94. The highest BCUT2D eigenvalue weighted by Gasteiger charge is 2.03. The fourth-order valence-corrected chi connectivity index (χ4v) is 0.194. The lowest BCUT2D eigenvalue weighted by atomic mass is 10.6. The molecule has 0 spiro atoms. The van der Waals surface area contributed by atoms with Crippen LogP contribution in [-0.2, 0) is 9.53 Å². The van der Waals surface area contributed by atoms with Crippen LogP contribution >= 0.6 is 0 Å². The molecule has 0 aromatic rings. The summed E-state index contributed by atoms with van der Waals surface area (Å²) in [5.74, 6) is -2.70. The van der Waals surface area contributed by atoms with E-state index in [0.717, 1.165) is 0 Å². The van der Waals surface area contributed by atoms with Crippen LogP contribution in [0, 0.1) is 0 Å². The van der Waals surface area contributed by atoms with Crippen LogP contribution in [0.1, 0.15) is 9.67 Å². The maximum atomic E-state index is 12.1. The highest BCUT2D eigenvalue weighted by Crippen LogP contribution is 1.93. The van der Waals surface area contributed by atoms with Gasteiger partial charge >= 0.3 is 5.97 Å². The fourth-order valence-electron chi connectivity index (χ4n) is 0.194. The smallest absolute Gasteiger partial charge is 0.366 e. The third kappa shape index (κ3) is 2.34. The Balaban J connectivity index is 4.09. The molecule has 0 aliphatic rings. The third-order valence-electron chi connectivity index (χ3n) is 0.455. The standard InChI is InChI=1S/C5H7FO2/c1-3-8-5(7)4(2)6/h2-3H2,1H3/i2D2. The van der Waals surface area contributed by atoms with Gasteiger partial charge in [-0.2, -0.15) is 4.39 Å². The molecule has 0 atom stereocenters. The summed E-state index contributed by atoms with van der Waals surface area (Å²) in [5, 5.41) is 0. The molecule has 46 valence electrons. The van der Waals surface area contributed by atoms with Crippen molar-refractivity contribution in [1.82, 2.24) is 0 Å². The zero-order valence-corrected chi connectivity index (χ0v) is 4.40. The van der Waals surface area contributed by atoms with Gasteiger partial charge in [0, 0.05) is 0 Å². The monoisotopic (exact) mass is 120 g/mol. The third-order valence-corrected chi connectivity index (χ3v) is 0.455. The minimum absolute atomic E-state index is 0.0412. The van der Waals surface area contributed by atoms with Gasteiger partial charge in [-0.3, -0.25) is 0 Å². The lowest BCUT2D eigenvalue weighted by molar-refractivity contribution is -0.140. The SMILES string of the molecule is [2H]C([2H])=C(F)C(=O)OCC. The molecule has 0 saturated heterocycles. The van der Waals surface area contributed by atoms with Crippen molar-refractivity contribution in [2.24, 2.45) is 0 Å². The summed E-state index contributed by atoms with van der Waals surface area (Å²) < 4.78 is 29.0. The summed E-state index contributed by atoms with van der Waals surface area (Å²) in [7, 11) is 0. The van der Waals surface area contributed by atoms with E-state index in [1.165, 1.54) is 6.92 Å². The molecule has 3 heteroatoms. The molecule has 0 saturated carbocycles. The maximum absolute atomic E-state index is 12.1. The first-order valence-electron chi connectivity index (χ1n) is 3.09. The first-order chi connectivity index (χ1) is 4.59. The molecule has 0 fully saturated rings. The Bertz CT molecular complexity index is 163. The van der Waals surface area contributed by atoms with Crippen molar-refractivity contribution in [3.05, 3.63) is 12.4 Å². The second-order valence-electron chi connectivity index (χ2n) is 1.03. The van der Waals surface area contributed by atoms with Crippen molar-refractivity contribution in [2.75, 3.05) is 6.61 Å². The number of hydrogen-bond donors (Lipinski definition) is 0. The Labute approximate surface area is 49.8 Å². The second-order valence-corrected chi connectivity index (χ2v) is 1.03. The topological polar surface area (TPSA) is 26.3 Å².